The summed E-state index contributed by atoms with van der Waals surface area (Å²) >= 11 is 0. The maximum atomic E-state index is 13.1. The van der Waals surface area contributed by atoms with Gasteiger partial charge in [-0.05, 0) is 38.0 Å². The average molecular weight is 457 g/mol. The molecule has 0 radical (unpaired) electrons. The van der Waals surface area contributed by atoms with Crippen molar-refractivity contribution in [1.82, 2.24) is 18.9 Å². The molecule has 0 aliphatic carbocycles. The molecule has 1 aromatic carbocycles. The first kappa shape index (κ1) is 24.4. The van der Waals surface area contributed by atoms with Crippen molar-refractivity contribution in [3.05, 3.63) is 55.7 Å². The Labute approximate surface area is 192 Å². The van der Waals surface area contributed by atoms with Gasteiger partial charge in [-0.25, -0.2) is 4.79 Å². The molecular formula is C23H32N6O4. The van der Waals surface area contributed by atoms with Gasteiger partial charge in [-0.2, -0.15) is 0 Å². The van der Waals surface area contributed by atoms with Gasteiger partial charge >= 0.3 is 5.69 Å². The van der Waals surface area contributed by atoms with E-state index in [2.05, 4.69) is 5.32 Å². The van der Waals surface area contributed by atoms with Crippen LogP contribution in [-0.4, -0.2) is 69.4 Å². The lowest BCUT2D eigenvalue weighted by atomic mass is 10.0. The molecule has 33 heavy (non-hydrogen) atoms. The number of nitrogens with two attached hydrogens (primary N) is 1. The van der Waals surface area contributed by atoms with Crippen LogP contribution in [0.4, 0.5) is 11.5 Å². The van der Waals surface area contributed by atoms with Gasteiger partial charge in [0.15, 0.2) is 5.78 Å². The number of nitrogen functional groups attached to an aromatic ring is 1. The summed E-state index contributed by atoms with van der Waals surface area (Å²) in [7, 11) is 2.76. The molecule has 3 rings (SSSR count). The highest BCUT2D eigenvalue weighted by atomic mass is 16.2. The zero-order chi connectivity index (χ0) is 24.4. The Balaban J connectivity index is 1.61. The summed E-state index contributed by atoms with van der Waals surface area (Å²) in [5.41, 5.74) is 7.50. The molecule has 1 aromatic heterocycles. The number of aryl methyl sites for hydroxylation is 1. The lowest BCUT2D eigenvalue weighted by Gasteiger charge is -2.37. The van der Waals surface area contributed by atoms with E-state index in [9.17, 15) is 19.2 Å². The number of piperazine rings is 1. The lowest BCUT2D eigenvalue weighted by molar-refractivity contribution is -0.117. The normalized spacial score (nSPS) is 15.9. The minimum atomic E-state index is -0.686. The number of ketones is 1. The summed E-state index contributed by atoms with van der Waals surface area (Å²) < 4.78 is 2.00. The van der Waals surface area contributed by atoms with Crippen LogP contribution in [0.3, 0.4) is 0 Å². The summed E-state index contributed by atoms with van der Waals surface area (Å²) in [4.78, 5) is 54.2. The number of carbonyl (C=O) groups is 2. The van der Waals surface area contributed by atoms with Crippen LogP contribution in [0.25, 0.3) is 0 Å². The number of amides is 1. The van der Waals surface area contributed by atoms with Crippen LogP contribution in [0.1, 0.15) is 28.4 Å². The monoisotopic (exact) mass is 456 g/mol. The lowest BCUT2D eigenvalue weighted by Crippen LogP contribution is -2.54. The Morgan fingerprint density at radius 1 is 1.06 bits per heavy atom. The number of nitrogens with zero attached hydrogens (tertiary/aromatic N) is 4. The third-order valence-corrected chi connectivity index (χ3v) is 6.54. The summed E-state index contributed by atoms with van der Waals surface area (Å²) in [5, 5.41) is 2.97. The van der Waals surface area contributed by atoms with E-state index < -0.39 is 23.1 Å². The Morgan fingerprint density at radius 2 is 1.70 bits per heavy atom. The predicted molar refractivity (Wildman–Crippen MR) is 128 cm³/mol. The highest BCUT2D eigenvalue weighted by Gasteiger charge is 2.30. The van der Waals surface area contributed by atoms with Crippen molar-refractivity contribution in [3.8, 4) is 0 Å². The van der Waals surface area contributed by atoms with E-state index in [1.165, 1.54) is 14.1 Å². The molecule has 0 spiro atoms. The number of carbonyl (C=O) groups excluding carboxylic acids is 2. The second-order valence-electron chi connectivity index (χ2n) is 8.61. The molecule has 1 saturated heterocycles. The molecule has 3 N–H and O–H groups in total. The number of benzene rings is 1. The van der Waals surface area contributed by atoms with E-state index in [0.29, 0.717) is 26.2 Å². The van der Waals surface area contributed by atoms with E-state index in [-0.39, 0.29) is 23.8 Å². The number of anilines is 2. The summed E-state index contributed by atoms with van der Waals surface area (Å²) in [5.74, 6) is -0.616. The van der Waals surface area contributed by atoms with E-state index in [0.717, 1.165) is 25.9 Å². The zero-order valence-corrected chi connectivity index (χ0v) is 19.8. The van der Waals surface area contributed by atoms with Crippen LogP contribution in [0.15, 0.2) is 27.8 Å². The summed E-state index contributed by atoms with van der Waals surface area (Å²) in [6, 6.07) is 5.23. The van der Waals surface area contributed by atoms with Crippen LogP contribution in [0.5, 0.6) is 0 Å². The van der Waals surface area contributed by atoms with Crippen molar-refractivity contribution in [3.63, 3.8) is 0 Å². The Kier molecular flexibility index (Phi) is 7.19. The molecule has 10 heteroatoms. The zero-order valence-electron chi connectivity index (χ0n) is 19.8. The average Bonchev–Trinajstić information content (AvgIpc) is 2.79. The van der Waals surface area contributed by atoms with Crippen molar-refractivity contribution in [2.24, 2.45) is 14.1 Å². The third kappa shape index (κ3) is 4.91. The topological polar surface area (TPSA) is 123 Å². The van der Waals surface area contributed by atoms with E-state index >= 15 is 0 Å². The SMILES string of the molecule is Cc1cccc(NC(=O)CN2CCN([C@@H](C)C(=O)c3c(N)n(C)c(=O)n(C)c3=O)CC2)c1C. The van der Waals surface area contributed by atoms with Gasteiger partial charge in [0, 0.05) is 46.0 Å². The first-order valence-electron chi connectivity index (χ1n) is 10.9. The predicted octanol–water partition coefficient (Wildman–Crippen LogP) is 0.111. The number of hydrogen-bond acceptors (Lipinski definition) is 7. The Morgan fingerprint density at radius 3 is 2.33 bits per heavy atom. The van der Waals surface area contributed by atoms with Gasteiger partial charge in [-0.1, -0.05) is 12.1 Å². The molecule has 1 aliphatic rings. The van der Waals surface area contributed by atoms with Gasteiger partial charge in [-0.15, -0.1) is 0 Å². The smallest absolute Gasteiger partial charge is 0.332 e. The van der Waals surface area contributed by atoms with Gasteiger partial charge < -0.3 is 11.1 Å². The van der Waals surface area contributed by atoms with Crippen molar-refractivity contribution in [2.45, 2.75) is 26.8 Å². The molecule has 0 bridgehead atoms. The fourth-order valence-corrected chi connectivity index (χ4v) is 4.05. The Bertz CT molecular complexity index is 1190. The van der Waals surface area contributed by atoms with Crippen LogP contribution < -0.4 is 22.3 Å². The molecule has 2 heterocycles. The Hall–Kier alpha value is -3.24. The number of aromatic nitrogens is 2. The van der Waals surface area contributed by atoms with Crippen molar-refractivity contribution >= 4 is 23.2 Å². The fourth-order valence-electron chi connectivity index (χ4n) is 4.05. The molecule has 10 nitrogen and oxygen atoms in total. The quantitative estimate of drug-likeness (QED) is 0.592. The molecule has 2 aromatic rings. The van der Waals surface area contributed by atoms with E-state index in [4.69, 9.17) is 5.73 Å². The van der Waals surface area contributed by atoms with Crippen LogP contribution >= 0.6 is 0 Å². The second kappa shape index (κ2) is 9.72. The van der Waals surface area contributed by atoms with Crippen molar-refractivity contribution in [2.75, 3.05) is 43.8 Å². The van der Waals surface area contributed by atoms with Crippen LogP contribution in [-0.2, 0) is 18.9 Å². The summed E-state index contributed by atoms with van der Waals surface area (Å²) in [6.07, 6.45) is 0. The van der Waals surface area contributed by atoms with Gasteiger partial charge in [0.05, 0.1) is 12.6 Å². The highest BCUT2D eigenvalue weighted by molar-refractivity contribution is 6.03. The largest absolute Gasteiger partial charge is 0.384 e. The van der Waals surface area contributed by atoms with Gasteiger partial charge in [0.1, 0.15) is 11.4 Å². The van der Waals surface area contributed by atoms with E-state index in [1.54, 1.807) is 6.92 Å². The first-order chi connectivity index (χ1) is 15.5. The molecule has 0 unspecified atom stereocenters. The highest BCUT2D eigenvalue weighted by Crippen LogP contribution is 2.18. The number of rotatable bonds is 6. The molecule has 178 valence electrons. The van der Waals surface area contributed by atoms with Gasteiger partial charge in [-0.3, -0.25) is 33.3 Å². The molecule has 1 aliphatic heterocycles. The third-order valence-electron chi connectivity index (χ3n) is 6.54. The number of Topliss-reactive ketones (excluding diaryl/α,β-unsaturated/α-hetero) is 1. The van der Waals surface area contributed by atoms with Gasteiger partial charge in [0.25, 0.3) is 5.56 Å². The molecule has 1 fully saturated rings. The minimum absolute atomic E-state index is 0.0808. The fraction of sp³-hybridized carbons (Fsp3) is 0.478. The summed E-state index contributed by atoms with van der Waals surface area (Å²) in [6.45, 7) is 8.33. The van der Waals surface area contributed by atoms with Crippen LogP contribution in [0.2, 0.25) is 0 Å². The molecular weight excluding hydrogens is 424 g/mol. The van der Waals surface area contributed by atoms with Crippen molar-refractivity contribution in [1.29, 1.82) is 0 Å². The second-order valence-corrected chi connectivity index (χ2v) is 8.61. The maximum Gasteiger partial charge on any atom is 0.332 e. The number of nitrogens with one attached hydrogen (secondary N) is 1. The van der Waals surface area contributed by atoms with Gasteiger partial charge in [0.2, 0.25) is 5.91 Å². The van der Waals surface area contributed by atoms with Crippen molar-refractivity contribution < 1.29 is 9.59 Å². The first-order valence-corrected chi connectivity index (χ1v) is 10.9. The van der Waals surface area contributed by atoms with Crippen LogP contribution in [0, 0.1) is 13.8 Å². The minimum Gasteiger partial charge on any atom is -0.384 e. The molecule has 1 atom stereocenters. The standard InChI is InChI=1S/C23H32N6O4/c1-14-7-6-8-17(15(14)2)25-18(30)13-28-9-11-29(12-10-28)16(3)20(31)19-21(24)26(4)23(33)27(5)22(19)32/h6-8,16H,9-13,24H2,1-5H3,(H,25,30)/t16-/m0/s1. The number of hydrogen-bond donors (Lipinski definition) is 2. The molecule has 1 amide bonds. The van der Waals surface area contributed by atoms with E-state index in [1.807, 2.05) is 41.8 Å². The maximum absolute atomic E-state index is 13.1. The molecule has 0 saturated carbocycles.